The van der Waals surface area contributed by atoms with Crippen molar-refractivity contribution in [2.75, 3.05) is 18.5 Å². The first-order valence-electron chi connectivity index (χ1n) is 8.44. The molecule has 0 saturated carbocycles. The van der Waals surface area contributed by atoms with Gasteiger partial charge in [-0.1, -0.05) is 18.2 Å². The van der Waals surface area contributed by atoms with E-state index in [4.69, 9.17) is 10.00 Å². The van der Waals surface area contributed by atoms with E-state index in [0.29, 0.717) is 42.1 Å². The fourth-order valence-electron chi connectivity index (χ4n) is 2.37. The van der Waals surface area contributed by atoms with Gasteiger partial charge in [-0.2, -0.15) is 5.26 Å². The molecule has 2 N–H and O–H groups in total. The molecule has 0 aliphatic heterocycles. The first kappa shape index (κ1) is 19.0. The van der Waals surface area contributed by atoms with Crippen LogP contribution in [0.4, 0.5) is 5.69 Å². The third-order valence-electron chi connectivity index (χ3n) is 3.57. The average molecular weight is 351 g/mol. The highest BCUT2D eigenvalue weighted by molar-refractivity contribution is 5.97. The van der Waals surface area contributed by atoms with E-state index in [2.05, 4.69) is 10.6 Å². The molecule has 2 aromatic rings. The minimum Gasteiger partial charge on any atom is -0.493 e. The summed E-state index contributed by atoms with van der Waals surface area (Å²) in [6, 6.07) is 15.8. The summed E-state index contributed by atoms with van der Waals surface area (Å²) in [5.41, 5.74) is 1.55. The predicted octanol–water partition coefficient (Wildman–Crippen LogP) is 3.11. The average Bonchev–Trinajstić information content (AvgIpc) is 2.66. The van der Waals surface area contributed by atoms with Crippen LogP contribution in [0.25, 0.3) is 0 Å². The van der Waals surface area contributed by atoms with Crippen LogP contribution in [0.5, 0.6) is 5.75 Å². The summed E-state index contributed by atoms with van der Waals surface area (Å²) in [6.45, 7) is 2.72. The summed E-state index contributed by atoms with van der Waals surface area (Å²) < 4.78 is 5.44. The third-order valence-corrected chi connectivity index (χ3v) is 3.57. The number of carbonyl (C=O) groups is 2. The first-order valence-corrected chi connectivity index (χ1v) is 8.44. The van der Waals surface area contributed by atoms with Gasteiger partial charge in [0.15, 0.2) is 0 Å². The van der Waals surface area contributed by atoms with Gasteiger partial charge in [-0.05, 0) is 43.7 Å². The number of benzene rings is 2. The molecule has 0 aliphatic carbocycles. The van der Waals surface area contributed by atoms with E-state index in [-0.39, 0.29) is 18.2 Å². The maximum Gasteiger partial charge on any atom is 0.255 e. The van der Waals surface area contributed by atoms with Gasteiger partial charge in [0.25, 0.3) is 5.91 Å². The Morgan fingerprint density at radius 1 is 1.15 bits per heavy atom. The Bertz CT molecular complexity index is 812. The molecule has 0 bridgehead atoms. The van der Waals surface area contributed by atoms with Gasteiger partial charge in [0.05, 0.1) is 23.8 Å². The zero-order valence-electron chi connectivity index (χ0n) is 14.6. The summed E-state index contributed by atoms with van der Waals surface area (Å²) >= 11 is 0. The summed E-state index contributed by atoms with van der Waals surface area (Å²) in [4.78, 5) is 24.2. The van der Waals surface area contributed by atoms with Gasteiger partial charge < -0.3 is 15.4 Å². The molecule has 0 aliphatic rings. The number of nitrogens with one attached hydrogen (secondary N) is 2. The lowest BCUT2D eigenvalue weighted by atomic mass is 10.2. The SMILES string of the molecule is CCOc1ccccc1C(=O)NCCCC(=O)Nc1cccc(C#N)c1. The van der Waals surface area contributed by atoms with Crippen molar-refractivity contribution in [2.45, 2.75) is 19.8 Å². The normalized spacial score (nSPS) is 9.85. The second-order valence-corrected chi connectivity index (χ2v) is 5.53. The molecule has 0 spiro atoms. The molecule has 0 saturated heterocycles. The van der Waals surface area contributed by atoms with E-state index in [9.17, 15) is 9.59 Å². The molecule has 0 aromatic heterocycles. The lowest BCUT2D eigenvalue weighted by Crippen LogP contribution is -2.26. The maximum absolute atomic E-state index is 12.2. The van der Waals surface area contributed by atoms with Crippen LogP contribution in [0.15, 0.2) is 48.5 Å². The number of nitriles is 1. The van der Waals surface area contributed by atoms with Crippen molar-refractivity contribution in [1.29, 1.82) is 5.26 Å². The second kappa shape index (κ2) is 9.84. The van der Waals surface area contributed by atoms with Crippen molar-refractivity contribution < 1.29 is 14.3 Å². The Labute approximate surface area is 152 Å². The Morgan fingerprint density at radius 2 is 1.96 bits per heavy atom. The van der Waals surface area contributed by atoms with Crippen LogP contribution in [0.2, 0.25) is 0 Å². The van der Waals surface area contributed by atoms with Gasteiger partial charge in [-0.3, -0.25) is 9.59 Å². The third kappa shape index (κ3) is 5.64. The standard InChI is InChI=1S/C20H21N3O3/c1-2-26-18-10-4-3-9-17(18)20(25)22-12-6-11-19(24)23-16-8-5-7-15(13-16)14-21/h3-5,7-10,13H,2,6,11-12H2,1H3,(H,22,25)(H,23,24). The Morgan fingerprint density at radius 3 is 2.73 bits per heavy atom. The lowest BCUT2D eigenvalue weighted by Gasteiger charge is -2.10. The Hall–Kier alpha value is -3.33. The minimum absolute atomic E-state index is 0.163. The highest BCUT2D eigenvalue weighted by Gasteiger charge is 2.11. The molecule has 0 unspecified atom stereocenters. The predicted molar refractivity (Wildman–Crippen MR) is 99.0 cm³/mol. The Balaban J connectivity index is 1.77. The second-order valence-electron chi connectivity index (χ2n) is 5.53. The van der Waals surface area contributed by atoms with Crippen LogP contribution in [0, 0.1) is 11.3 Å². The number of ether oxygens (including phenoxy) is 1. The zero-order chi connectivity index (χ0) is 18.8. The minimum atomic E-state index is -0.226. The topological polar surface area (TPSA) is 91.2 Å². The number of amides is 2. The molecule has 6 heteroatoms. The van der Waals surface area contributed by atoms with Crippen LogP contribution < -0.4 is 15.4 Å². The maximum atomic E-state index is 12.2. The van der Waals surface area contributed by atoms with Crippen LogP contribution in [0.1, 0.15) is 35.7 Å². The number of hydrogen-bond acceptors (Lipinski definition) is 4. The molecule has 26 heavy (non-hydrogen) atoms. The number of hydrogen-bond donors (Lipinski definition) is 2. The highest BCUT2D eigenvalue weighted by Crippen LogP contribution is 2.17. The van der Waals surface area contributed by atoms with E-state index in [1.165, 1.54) is 0 Å². The van der Waals surface area contributed by atoms with Gasteiger partial charge >= 0.3 is 0 Å². The monoisotopic (exact) mass is 351 g/mol. The molecule has 0 heterocycles. The molecule has 0 radical (unpaired) electrons. The summed E-state index contributed by atoms with van der Waals surface area (Å²) in [5, 5.41) is 14.4. The van der Waals surface area contributed by atoms with Crippen molar-refractivity contribution >= 4 is 17.5 Å². The molecule has 134 valence electrons. The van der Waals surface area contributed by atoms with Gasteiger partial charge in [-0.25, -0.2) is 0 Å². The lowest BCUT2D eigenvalue weighted by molar-refractivity contribution is -0.116. The molecular formula is C20H21N3O3. The number of carbonyl (C=O) groups excluding carboxylic acids is 2. The number of para-hydroxylation sites is 1. The van der Waals surface area contributed by atoms with Crippen LogP contribution in [-0.4, -0.2) is 25.0 Å². The number of rotatable bonds is 8. The van der Waals surface area contributed by atoms with Gasteiger partial charge in [0.1, 0.15) is 5.75 Å². The summed E-state index contributed by atoms with van der Waals surface area (Å²) in [6.07, 6.45) is 0.774. The summed E-state index contributed by atoms with van der Waals surface area (Å²) in [7, 11) is 0. The van der Waals surface area contributed by atoms with E-state index in [0.717, 1.165) is 0 Å². The molecule has 2 rings (SSSR count). The van der Waals surface area contributed by atoms with Crippen LogP contribution >= 0.6 is 0 Å². The molecular weight excluding hydrogens is 330 g/mol. The van der Waals surface area contributed by atoms with E-state index < -0.39 is 0 Å². The highest BCUT2D eigenvalue weighted by atomic mass is 16.5. The molecule has 2 amide bonds. The Kier molecular flexibility index (Phi) is 7.19. The first-order chi connectivity index (χ1) is 12.6. The molecule has 2 aromatic carbocycles. The van der Waals surface area contributed by atoms with Gasteiger partial charge in [0, 0.05) is 18.7 Å². The van der Waals surface area contributed by atoms with E-state index in [1.54, 1.807) is 42.5 Å². The van der Waals surface area contributed by atoms with Crippen LogP contribution in [-0.2, 0) is 4.79 Å². The largest absolute Gasteiger partial charge is 0.493 e. The van der Waals surface area contributed by atoms with Gasteiger partial charge in [-0.15, -0.1) is 0 Å². The fourth-order valence-corrected chi connectivity index (χ4v) is 2.37. The fraction of sp³-hybridized carbons (Fsp3) is 0.250. The zero-order valence-corrected chi connectivity index (χ0v) is 14.6. The smallest absolute Gasteiger partial charge is 0.255 e. The van der Waals surface area contributed by atoms with Crippen molar-refractivity contribution in [2.24, 2.45) is 0 Å². The van der Waals surface area contributed by atoms with Crippen molar-refractivity contribution in [3.05, 3.63) is 59.7 Å². The quantitative estimate of drug-likeness (QED) is 0.715. The van der Waals surface area contributed by atoms with Crippen molar-refractivity contribution in [1.82, 2.24) is 5.32 Å². The number of nitrogens with zero attached hydrogens (tertiary/aromatic N) is 1. The van der Waals surface area contributed by atoms with E-state index >= 15 is 0 Å². The number of anilines is 1. The van der Waals surface area contributed by atoms with Crippen LogP contribution in [0.3, 0.4) is 0 Å². The van der Waals surface area contributed by atoms with Gasteiger partial charge in [0.2, 0.25) is 5.91 Å². The summed E-state index contributed by atoms with van der Waals surface area (Å²) in [5.74, 6) is 0.155. The van der Waals surface area contributed by atoms with Crippen molar-refractivity contribution in [3.8, 4) is 11.8 Å². The molecule has 6 nitrogen and oxygen atoms in total. The molecule has 0 fully saturated rings. The molecule has 0 atom stereocenters. The van der Waals surface area contributed by atoms with Crippen molar-refractivity contribution in [3.63, 3.8) is 0 Å². The van der Waals surface area contributed by atoms with E-state index in [1.807, 2.05) is 19.1 Å².